The van der Waals surface area contributed by atoms with Gasteiger partial charge in [0.1, 0.15) is 0 Å². The number of piperidine rings is 1. The van der Waals surface area contributed by atoms with Gasteiger partial charge in [0, 0.05) is 12.6 Å². The fraction of sp³-hybridized carbons (Fsp3) is 0.571. The Morgan fingerprint density at radius 3 is 2.50 bits per heavy atom. The third-order valence-electron chi connectivity index (χ3n) is 3.56. The summed E-state index contributed by atoms with van der Waals surface area (Å²) in [5.74, 6) is 0. The third kappa shape index (κ3) is 3.50. The molecule has 20 heavy (non-hydrogen) atoms. The number of anilines is 1. The lowest BCUT2D eigenvalue weighted by Gasteiger charge is -2.33. The number of hydrogen-bond donors (Lipinski definition) is 2. The topological polar surface area (TPSA) is 69.6 Å². The molecular formula is C14H22N2O3S. The van der Waals surface area contributed by atoms with Gasteiger partial charge in [-0.15, -0.1) is 0 Å². The van der Waals surface area contributed by atoms with Crippen LogP contribution in [0.1, 0.15) is 30.4 Å². The first-order valence-electron chi connectivity index (χ1n) is 6.91. The second kappa shape index (κ2) is 6.11. The minimum atomic E-state index is -3.61. The van der Waals surface area contributed by atoms with Crippen LogP contribution in [0.25, 0.3) is 0 Å². The van der Waals surface area contributed by atoms with Gasteiger partial charge in [0.15, 0.2) is 0 Å². The van der Waals surface area contributed by atoms with Crippen molar-refractivity contribution in [3.05, 3.63) is 29.3 Å². The summed E-state index contributed by atoms with van der Waals surface area (Å²) >= 11 is 0. The number of nitrogens with zero attached hydrogens (tertiary/aromatic N) is 1. The summed E-state index contributed by atoms with van der Waals surface area (Å²) in [5.41, 5.74) is 2.60. The lowest BCUT2D eigenvalue weighted by molar-refractivity contribution is 0.156. The Hall–Kier alpha value is -1.11. The number of aliphatic hydroxyl groups excluding tert-OH is 1. The summed E-state index contributed by atoms with van der Waals surface area (Å²) in [5, 5.41) is 9.35. The fourth-order valence-corrected chi connectivity index (χ4v) is 4.18. The van der Waals surface area contributed by atoms with Crippen LogP contribution in [0.2, 0.25) is 0 Å². The van der Waals surface area contributed by atoms with Crippen LogP contribution in [-0.4, -0.2) is 37.0 Å². The van der Waals surface area contributed by atoms with Crippen molar-refractivity contribution in [2.75, 3.05) is 17.9 Å². The van der Waals surface area contributed by atoms with Gasteiger partial charge >= 0.3 is 10.2 Å². The first-order valence-corrected chi connectivity index (χ1v) is 8.35. The minimum absolute atomic E-state index is 0.131. The number of aryl methyl sites for hydroxylation is 2. The monoisotopic (exact) mass is 298 g/mol. The molecule has 1 aliphatic rings. The van der Waals surface area contributed by atoms with E-state index in [0.29, 0.717) is 18.7 Å². The highest BCUT2D eigenvalue weighted by molar-refractivity contribution is 7.90. The smallest absolute Gasteiger partial charge is 0.301 e. The van der Waals surface area contributed by atoms with Gasteiger partial charge in [0.2, 0.25) is 0 Å². The molecule has 1 aromatic rings. The Bertz CT molecular complexity index is 552. The zero-order valence-corrected chi connectivity index (χ0v) is 12.8. The summed E-state index contributed by atoms with van der Waals surface area (Å²) in [7, 11) is -3.61. The first-order chi connectivity index (χ1) is 9.42. The van der Waals surface area contributed by atoms with Crippen molar-refractivity contribution in [2.24, 2.45) is 0 Å². The van der Waals surface area contributed by atoms with Crippen LogP contribution < -0.4 is 4.72 Å². The lowest BCUT2D eigenvalue weighted by Crippen LogP contribution is -2.47. The molecule has 0 bridgehead atoms. The molecule has 0 aromatic heterocycles. The van der Waals surface area contributed by atoms with Crippen molar-refractivity contribution in [1.82, 2.24) is 4.31 Å². The van der Waals surface area contributed by atoms with Crippen molar-refractivity contribution in [2.45, 2.75) is 39.2 Å². The molecule has 1 aliphatic heterocycles. The van der Waals surface area contributed by atoms with E-state index in [2.05, 4.69) is 4.72 Å². The van der Waals surface area contributed by atoms with Gasteiger partial charge in [-0.2, -0.15) is 12.7 Å². The zero-order valence-electron chi connectivity index (χ0n) is 12.0. The molecule has 1 fully saturated rings. The molecule has 1 saturated heterocycles. The molecule has 0 aliphatic carbocycles. The lowest BCUT2D eigenvalue weighted by atomic mass is 10.1. The van der Waals surface area contributed by atoms with E-state index in [9.17, 15) is 13.5 Å². The molecule has 1 unspecified atom stereocenters. The van der Waals surface area contributed by atoms with E-state index in [4.69, 9.17) is 0 Å². The SMILES string of the molecule is Cc1cc(C)cc(NS(=O)(=O)N2CCCCC2CO)c1. The van der Waals surface area contributed by atoms with Crippen molar-refractivity contribution >= 4 is 15.9 Å². The average Bonchev–Trinajstić information content (AvgIpc) is 2.36. The maximum Gasteiger partial charge on any atom is 0.301 e. The van der Waals surface area contributed by atoms with Crippen LogP contribution in [0.5, 0.6) is 0 Å². The van der Waals surface area contributed by atoms with Crippen LogP contribution in [0.3, 0.4) is 0 Å². The summed E-state index contributed by atoms with van der Waals surface area (Å²) in [6, 6.07) is 5.30. The van der Waals surface area contributed by atoms with Gasteiger partial charge < -0.3 is 5.11 Å². The normalized spacial score (nSPS) is 20.9. The summed E-state index contributed by atoms with van der Waals surface area (Å²) in [6.07, 6.45) is 2.51. The Labute approximate surface area is 120 Å². The van der Waals surface area contributed by atoms with Gasteiger partial charge in [-0.3, -0.25) is 4.72 Å². The zero-order chi connectivity index (χ0) is 14.8. The summed E-state index contributed by atoms with van der Waals surface area (Å²) < 4.78 is 28.9. The average molecular weight is 298 g/mol. The largest absolute Gasteiger partial charge is 0.395 e. The van der Waals surface area contributed by atoms with Gasteiger partial charge in [0.25, 0.3) is 0 Å². The predicted molar refractivity (Wildman–Crippen MR) is 79.9 cm³/mol. The van der Waals surface area contributed by atoms with Crippen LogP contribution in [0, 0.1) is 13.8 Å². The Kier molecular flexibility index (Phi) is 4.67. The molecule has 2 N–H and O–H groups in total. The minimum Gasteiger partial charge on any atom is -0.395 e. The highest BCUT2D eigenvalue weighted by Crippen LogP contribution is 2.22. The highest BCUT2D eigenvalue weighted by Gasteiger charge is 2.31. The van der Waals surface area contributed by atoms with Crippen LogP contribution in [0.4, 0.5) is 5.69 Å². The molecule has 2 rings (SSSR count). The van der Waals surface area contributed by atoms with E-state index in [1.165, 1.54) is 4.31 Å². The summed E-state index contributed by atoms with van der Waals surface area (Å²) in [6.45, 7) is 4.20. The van der Waals surface area contributed by atoms with E-state index < -0.39 is 10.2 Å². The third-order valence-corrected chi connectivity index (χ3v) is 5.15. The molecule has 6 heteroatoms. The number of nitrogens with one attached hydrogen (secondary N) is 1. The van der Waals surface area contributed by atoms with Crippen molar-refractivity contribution < 1.29 is 13.5 Å². The van der Waals surface area contributed by atoms with Gasteiger partial charge in [-0.05, 0) is 49.9 Å². The molecule has 1 aromatic carbocycles. The standard InChI is InChI=1S/C14H22N2O3S/c1-11-7-12(2)9-13(8-11)15-20(18,19)16-6-4-3-5-14(16)10-17/h7-9,14-15,17H,3-6,10H2,1-2H3. The van der Waals surface area contributed by atoms with Gasteiger partial charge in [-0.1, -0.05) is 12.5 Å². The summed E-state index contributed by atoms with van der Waals surface area (Å²) in [4.78, 5) is 0. The first kappa shape index (κ1) is 15.3. The van der Waals surface area contributed by atoms with Crippen molar-refractivity contribution in [3.8, 4) is 0 Å². The van der Waals surface area contributed by atoms with Gasteiger partial charge in [0.05, 0.1) is 12.3 Å². The number of aliphatic hydroxyl groups is 1. The van der Waals surface area contributed by atoms with E-state index >= 15 is 0 Å². The Balaban J connectivity index is 2.21. The van der Waals surface area contributed by atoms with Crippen LogP contribution >= 0.6 is 0 Å². The molecule has 0 radical (unpaired) electrons. The number of hydrogen-bond acceptors (Lipinski definition) is 3. The molecule has 5 nitrogen and oxygen atoms in total. The number of benzene rings is 1. The quantitative estimate of drug-likeness (QED) is 0.890. The van der Waals surface area contributed by atoms with E-state index in [0.717, 1.165) is 24.0 Å². The van der Waals surface area contributed by atoms with E-state index in [-0.39, 0.29) is 12.6 Å². The highest BCUT2D eigenvalue weighted by atomic mass is 32.2. The molecule has 112 valence electrons. The Morgan fingerprint density at radius 1 is 1.25 bits per heavy atom. The molecular weight excluding hydrogens is 276 g/mol. The molecule has 0 amide bonds. The molecule has 0 saturated carbocycles. The predicted octanol–water partition coefficient (Wildman–Crippen LogP) is 1.81. The number of rotatable bonds is 4. The van der Waals surface area contributed by atoms with Crippen molar-refractivity contribution in [1.29, 1.82) is 0 Å². The second-order valence-electron chi connectivity index (χ2n) is 5.43. The van der Waals surface area contributed by atoms with Crippen LogP contribution in [0.15, 0.2) is 18.2 Å². The van der Waals surface area contributed by atoms with E-state index in [1.54, 1.807) is 0 Å². The molecule has 0 spiro atoms. The maximum absolute atomic E-state index is 12.5. The van der Waals surface area contributed by atoms with E-state index in [1.807, 2.05) is 32.0 Å². The van der Waals surface area contributed by atoms with Gasteiger partial charge in [-0.25, -0.2) is 0 Å². The fourth-order valence-electron chi connectivity index (χ4n) is 2.71. The Morgan fingerprint density at radius 2 is 1.90 bits per heavy atom. The maximum atomic E-state index is 12.5. The van der Waals surface area contributed by atoms with Crippen molar-refractivity contribution in [3.63, 3.8) is 0 Å². The molecule has 1 heterocycles. The molecule has 1 atom stereocenters. The second-order valence-corrected chi connectivity index (χ2v) is 7.05. The van der Waals surface area contributed by atoms with Crippen LogP contribution in [-0.2, 0) is 10.2 Å².